The second-order valence-electron chi connectivity index (χ2n) is 7.33. The Labute approximate surface area is 179 Å². The van der Waals surface area contributed by atoms with Gasteiger partial charge >= 0.3 is 0 Å². The number of para-hydroxylation sites is 1. The second kappa shape index (κ2) is 10.9. The summed E-state index contributed by atoms with van der Waals surface area (Å²) in [6.07, 6.45) is 0.601. The molecule has 1 aliphatic heterocycles. The van der Waals surface area contributed by atoms with Gasteiger partial charge in [0.25, 0.3) is 0 Å². The molecule has 0 atom stereocenters. The Morgan fingerprint density at radius 3 is 2.50 bits per heavy atom. The first-order valence-electron chi connectivity index (χ1n) is 10.7. The molecule has 162 valence electrons. The fourth-order valence-corrected chi connectivity index (χ4v) is 3.29. The summed E-state index contributed by atoms with van der Waals surface area (Å²) in [5, 5.41) is 15.4. The molecule has 0 saturated carbocycles. The first-order valence-corrected chi connectivity index (χ1v) is 10.7. The van der Waals surface area contributed by atoms with E-state index in [1.807, 2.05) is 44.2 Å². The SMILES string of the molecule is CCOCCNc1c(Nc2ccccc2)nc(N2CCN(C)CC2)nc1C(=N)CC. The third-order valence-electron chi connectivity index (χ3n) is 5.11. The quantitative estimate of drug-likeness (QED) is 0.409. The van der Waals surface area contributed by atoms with E-state index >= 15 is 0 Å². The van der Waals surface area contributed by atoms with Crippen molar-refractivity contribution in [1.29, 1.82) is 5.41 Å². The van der Waals surface area contributed by atoms with E-state index < -0.39 is 0 Å². The number of rotatable bonds is 10. The van der Waals surface area contributed by atoms with Crippen molar-refractivity contribution >= 4 is 28.9 Å². The molecule has 2 aromatic rings. The van der Waals surface area contributed by atoms with Gasteiger partial charge in [0.15, 0.2) is 5.82 Å². The van der Waals surface area contributed by atoms with Crippen LogP contribution in [0.1, 0.15) is 26.0 Å². The molecule has 0 spiro atoms. The maximum Gasteiger partial charge on any atom is 0.228 e. The third-order valence-corrected chi connectivity index (χ3v) is 5.11. The topological polar surface area (TPSA) is 89.4 Å². The number of hydrogen-bond donors (Lipinski definition) is 3. The number of nitrogens with one attached hydrogen (secondary N) is 3. The first-order chi connectivity index (χ1) is 14.6. The first kappa shape index (κ1) is 22.0. The monoisotopic (exact) mass is 411 g/mol. The number of benzene rings is 1. The molecule has 1 aromatic carbocycles. The molecule has 0 bridgehead atoms. The van der Waals surface area contributed by atoms with E-state index in [4.69, 9.17) is 20.1 Å². The number of nitrogens with zero attached hydrogens (tertiary/aromatic N) is 4. The van der Waals surface area contributed by atoms with Gasteiger partial charge in [-0.25, -0.2) is 4.98 Å². The van der Waals surface area contributed by atoms with Crippen molar-refractivity contribution in [3.8, 4) is 0 Å². The van der Waals surface area contributed by atoms with E-state index in [1.54, 1.807) is 0 Å². The van der Waals surface area contributed by atoms with Crippen molar-refractivity contribution in [3.05, 3.63) is 36.0 Å². The lowest BCUT2D eigenvalue weighted by atomic mass is 10.1. The third kappa shape index (κ3) is 5.67. The van der Waals surface area contributed by atoms with Crippen molar-refractivity contribution in [2.45, 2.75) is 20.3 Å². The Morgan fingerprint density at radius 1 is 1.10 bits per heavy atom. The van der Waals surface area contributed by atoms with E-state index in [1.165, 1.54) is 0 Å². The van der Waals surface area contributed by atoms with Gasteiger partial charge in [-0.3, -0.25) is 0 Å². The maximum atomic E-state index is 8.54. The molecule has 1 fully saturated rings. The van der Waals surface area contributed by atoms with E-state index in [-0.39, 0.29) is 0 Å². The average Bonchev–Trinajstić information content (AvgIpc) is 2.78. The molecule has 0 aliphatic carbocycles. The Balaban J connectivity index is 1.98. The summed E-state index contributed by atoms with van der Waals surface area (Å²) < 4.78 is 5.48. The lowest BCUT2D eigenvalue weighted by Gasteiger charge is -2.33. The highest BCUT2D eigenvalue weighted by molar-refractivity contribution is 6.03. The Kier molecular flexibility index (Phi) is 7.98. The fourth-order valence-electron chi connectivity index (χ4n) is 3.29. The molecule has 0 unspecified atom stereocenters. The molecule has 1 saturated heterocycles. The fraction of sp³-hybridized carbons (Fsp3) is 0.500. The van der Waals surface area contributed by atoms with Crippen LogP contribution in [0, 0.1) is 5.41 Å². The number of anilines is 4. The van der Waals surface area contributed by atoms with Gasteiger partial charge in [0.1, 0.15) is 11.4 Å². The molecule has 8 heteroatoms. The summed E-state index contributed by atoms with van der Waals surface area (Å²) in [5.74, 6) is 1.36. The van der Waals surface area contributed by atoms with Crippen molar-refractivity contribution in [3.63, 3.8) is 0 Å². The van der Waals surface area contributed by atoms with Crippen molar-refractivity contribution in [2.24, 2.45) is 0 Å². The van der Waals surface area contributed by atoms with Crippen LogP contribution in [0.2, 0.25) is 0 Å². The van der Waals surface area contributed by atoms with E-state index in [2.05, 4.69) is 27.5 Å². The van der Waals surface area contributed by atoms with Crippen molar-refractivity contribution in [2.75, 3.05) is 68.5 Å². The lowest BCUT2D eigenvalue weighted by molar-refractivity contribution is 0.158. The number of aromatic nitrogens is 2. The molecular weight excluding hydrogens is 378 g/mol. The highest BCUT2D eigenvalue weighted by atomic mass is 16.5. The van der Waals surface area contributed by atoms with Gasteiger partial charge in [-0.05, 0) is 32.5 Å². The maximum absolute atomic E-state index is 8.54. The zero-order chi connectivity index (χ0) is 21.3. The van der Waals surface area contributed by atoms with Gasteiger partial charge in [0.05, 0.1) is 12.3 Å². The van der Waals surface area contributed by atoms with Crippen LogP contribution >= 0.6 is 0 Å². The Hall–Kier alpha value is -2.71. The zero-order valence-corrected chi connectivity index (χ0v) is 18.2. The normalized spacial score (nSPS) is 14.6. The van der Waals surface area contributed by atoms with E-state index in [0.717, 1.165) is 37.6 Å². The van der Waals surface area contributed by atoms with Gasteiger partial charge in [-0.1, -0.05) is 25.1 Å². The summed E-state index contributed by atoms with van der Waals surface area (Å²) in [6.45, 7) is 9.53. The molecule has 0 amide bonds. The number of ether oxygens (including phenoxy) is 1. The van der Waals surface area contributed by atoms with Crippen molar-refractivity contribution in [1.82, 2.24) is 14.9 Å². The standard InChI is InChI=1S/C22H33N7O/c1-4-18(23)19-20(24-11-16-30-5-2)21(25-17-9-7-6-8-10-17)27-22(26-19)29-14-12-28(3)13-15-29/h6-10,23-24H,4-5,11-16H2,1-3H3,(H,25,26,27). The van der Waals surface area contributed by atoms with Crippen LogP contribution in [-0.2, 0) is 4.74 Å². The van der Waals surface area contributed by atoms with Crippen LogP contribution in [0.4, 0.5) is 23.1 Å². The van der Waals surface area contributed by atoms with Gasteiger partial charge in [-0.2, -0.15) is 4.98 Å². The Morgan fingerprint density at radius 2 is 1.83 bits per heavy atom. The summed E-state index contributed by atoms with van der Waals surface area (Å²) in [4.78, 5) is 14.2. The molecule has 30 heavy (non-hydrogen) atoms. The molecule has 1 aromatic heterocycles. The van der Waals surface area contributed by atoms with Gasteiger partial charge in [-0.15, -0.1) is 0 Å². The second-order valence-corrected chi connectivity index (χ2v) is 7.33. The molecule has 3 N–H and O–H groups in total. The van der Waals surface area contributed by atoms with Crippen LogP contribution in [0.15, 0.2) is 30.3 Å². The molecule has 3 rings (SSSR count). The van der Waals surface area contributed by atoms with Gasteiger partial charge in [0, 0.05) is 45.0 Å². The summed E-state index contributed by atoms with van der Waals surface area (Å²) in [6, 6.07) is 9.98. The molecular formula is C22H33N7O. The van der Waals surface area contributed by atoms with Crippen LogP contribution < -0.4 is 15.5 Å². The van der Waals surface area contributed by atoms with Gasteiger partial charge in [0.2, 0.25) is 5.95 Å². The summed E-state index contributed by atoms with van der Waals surface area (Å²) in [5.41, 5.74) is 2.84. The van der Waals surface area contributed by atoms with Crippen LogP contribution in [0.25, 0.3) is 0 Å². The molecule has 0 radical (unpaired) electrons. The lowest BCUT2D eigenvalue weighted by Crippen LogP contribution is -2.45. The Bertz CT molecular complexity index is 820. The minimum absolute atomic E-state index is 0.489. The predicted molar refractivity (Wildman–Crippen MR) is 124 cm³/mol. The smallest absolute Gasteiger partial charge is 0.228 e. The van der Waals surface area contributed by atoms with E-state index in [9.17, 15) is 0 Å². The molecule has 8 nitrogen and oxygen atoms in total. The minimum Gasteiger partial charge on any atom is -0.380 e. The summed E-state index contributed by atoms with van der Waals surface area (Å²) in [7, 11) is 2.13. The molecule has 2 heterocycles. The average molecular weight is 412 g/mol. The highest BCUT2D eigenvalue weighted by Crippen LogP contribution is 2.30. The molecule has 1 aliphatic rings. The minimum atomic E-state index is 0.489. The largest absolute Gasteiger partial charge is 0.380 e. The van der Waals surface area contributed by atoms with Crippen LogP contribution in [0.3, 0.4) is 0 Å². The van der Waals surface area contributed by atoms with Crippen molar-refractivity contribution < 1.29 is 4.74 Å². The number of piperazine rings is 1. The van der Waals surface area contributed by atoms with Gasteiger partial charge < -0.3 is 30.6 Å². The van der Waals surface area contributed by atoms with E-state index in [0.29, 0.717) is 49.4 Å². The van der Waals surface area contributed by atoms with Crippen LogP contribution in [-0.4, -0.2) is 73.6 Å². The highest BCUT2D eigenvalue weighted by Gasteiger charge is 2.22. The number of hydrogen-bond acceptors (Lipinski definition) is 8. The summed E-state index contributed by atoms with van der Waals surface area (Å²) >= 11 is 0. The zero-order valence-electron chi connectivity index (χ0n) is 18.2. The number of likely N-dealkylation sites (N-methyl/N-ethyl adjacent to an activating group) is 1. The predicted octanol–water partition coefficient (Wildman–Crippen LogP) is 3.20. The van der Waals surface area contributed by atoms with Crippen LogP contribution in [0.5, 0.6) is 0 Å².